The molecule has 0 radical (unpaired) electrons. The summed E-state index contributed by atoms with van der Waals surface area (Å²) >= 11 is 0. The molecule has 0 aromatic carbocycles. The van der Waals surface area contributed by atoms with Crippen LogP contribution in [0.15, 0.2) is 12.2 Å². The minimum absolute atomic E-state index is 0.0336. The molecule has 30 unspecified atom stereocenters. The summed E-state index contributed by atoms with van der Waals surface area (Å²) in [5.41, 5.74) is -1.29. The van der Waals surface area contributed by atoms with Crippen LogP contribution in [0.3, 0.4) is 0 Å². The Bertz CT molecular complexity index is 2310. The fourth-order valence-electron chi connectivity index (χ4n) is 15.6. The minimum atomic E-state index is -1.98. The highest BCUT2D eigenvalue weighted by Crippen LogP contribution is 2.72. The van der Waals surface area contributed by atoms with Gasteiger partial charge < -0.3 is 159 Å². The molecule has 5 saturated carbocycles. The second-order valence-electron chi connectivity index (χ2n) is 25.8. The zero-order valence-corrected chi connectivity index (χ0v) is 48.4. The maximum Gasteiger partial charge on any atom is 0.314 e. The zero-order chi connectivity index (χ0) is 64.4. The van der Waals surface area contributed by atoms with Gasteiger partial charge in [-0.3, -0.25) is 4.79 Å². The third-order valence-corrected chi connectivity index (χ3v) is 20.6. The van der Waals surface area contributed by atoms with Gasteiger partial charge in [0.15, 0.2) is 37.6 Å². The number of hydrogen-bond donors (Lipinski definition) is 21. The highest BCUT2D eigenvalue weighted by Gasteiger charge is 2.68. The maximum absolute atomic E-state index is 14.8. The SMILES string of the molecule is C=C1C[C@@]23CC[C@H]4[C@@](C)(CCC[C@@]4(C)C(=O)OC4OC(CO)C(O)C(O)C4OC4OCC(O)C(O)C4O)[C@@H]2CC1[C@H](OC1OC(CO)C(O)C(OC2OC(CO)C(O)C(O)C2O)C1OC1OC(CO)C(O)C(O)C1O)C3.OCC1OC(O)C(O)C(O)C1O. The van der Waals surface area contributed by atoms with Crippen LogP contribution in [-0.4, -0.2) is 337 Å². The van der Waals surface area contributed by atoms with Gasteiger partial charge in [0.25, 0.3) is 0 Å². The van der Waals surface area contributed by atoms with E-state index in [1.165, 1.54) is 0 Å². The molecule has 508 valence electrons. The molecule has 33 heteroatoms. The number of rotatable bonds is 15. The number of aliphatic hydroxyl groups is 21. The van der Waals surface area contributed by atoms with Crippen LogP contribution in [0.25, 0.3) is 0 Å². The number of aliphatic hydroxyl groups excluding tert-OH is 21. The van der Waals surface area contributed by atoms with Crippen LogP contribution in [0.1, 0.15) is 65.2 Å². The molecule has 11 rings (SSSR count). The van der Waals surface area contributed by atoms with Gasteiger partial charge in [0, 0.05) is 5.92 Å². The Morgan fingerprint density at radius 3 is 1.53 bits per heavy atom. The first-order valence-corrected chi connectivity index (χ1v) is 29.9. The molecule has 5 aliphatic carbocycles. The molecule has 36 atom stereocenters. The molecule has 33 nitrogen and oxygen atoms in total. The molecule has 6 aliphatic heterocycles. The summed E-state index contributed by atoms with van der Waals surface area (Å²) in [7, 11) is 0. The standard InChI is InChI=1S/C49H78O27.C6H12O6/c1-17-10-49-8-5-25-47(2,6-4-7-48(25,3)46(66)76-44-39(34(62)30(58)23(14-52)71-44)74-41-35(63)27(55)19(54)16-67-41)26(49)9-18(17)20(11-49)68-45-40(75-43-37(65)33(61)29(57)22(13-51)70-43)38(31(59)24(15-53)72-45)73-42-36(64)32(60)28(56)21(12-50)69-42;7-1-2-3(8)4(9)5(10)6(11)12-2/h18-45,50-65H,1,4-16H2,2-3H3;2-11H,1H2/t18?,19?,20-,21?,22?,23?,24?,25+,26+,27?,28?,29?,30?,31?,32?,33?,34?,35?,36?,37?,38?,39?,40?,41?,42?,43?,44?,45?,47-,48-,49-;/m1./s1. The quantitative estimate of drug-likeness (QED) is 0.0411. The van der Waals surface area contributed by atoms with Crippen LogP contribution in [0.5, 0.6) is 0 Å². The molecule has 0 aromatic heterocycles. The molecule has 6 saturated heterocycles. The number of esters is 1. The van der Waals surface area contributed by atoms with E-state index in [9.17, 15) is 86.5 Å². The molecule has 0 amide bonds. The van der Waals surface area contributed by atoms with Gasteiger partial charge >= 0.3 is 5.97 Å². The fourth-order valence-corrected chi connectivity index (χ4v) is 15.6. The van der Waals surface area contributed by atoms with E-state index >= 15 is 0 Å². The summed E-state index contributed by atoms with van der Waals surface area (Å²) in [4.78, 5) is 14.8. The van der Waals surface area contributed by atoms with Crippen molar-refractivity contribution in [3.05, 3.63) is 12.2 Å². The lowest BCUT2D eigenvalue weighted by Gasteiger charge is -2.69. The number of fused-ring (bicyclic) bond motifs is 3. The van der Waals surface area contributed by atoms with Crippen LogP contribution >= 0.6 is 0 Å². The second-order valence-corrected chi connectivity index (χ2v) is 25.8. The van der Waals surface area contributed by atoms with Gasteiger partial charge in [0.2, 0.25) is 6.29 Å². The van der Waals surface area contributed by atoms with Crippen molar-refractivity contribution in [2.24, 2.45) is 34.0 Å². The first-order chi connectivity index (χ1) is 41.5. The third-order valence-electron chi connectivity index (χ3n) is 20.6. The zero-order valence-electron chi connectivity index (χ0n) is 48.4. The highest BCUT2D eigenvalue weighted by atomic mass is 16.8. The average molecular weight is 1280 g/mol. The lowest BCUT2D eigenvalue weighted by atomic mass is 9.36. The number of ether oxygens (including phenoxy) is 11. The van der Waals surface area contributed by atoms with Gasteiger partial charge in [0.05, 0.1) is 51.2 Å². The van der Waals surface area contributed by atoms with Crippen molar-refractivity contribution in [3.63, 3.8) is 0 Å². The van der Waals surface area contributed by atoms with Crippen molar-refractivity contribution in [1.82, 2.24) is 0 Å². The molecule has 11 aliphatic rings. The molecular weight excluding hydrogens is 1190 g/mol. The topological polar surface area (TPSA) is 543 Å². The monoisotopic (exact) mass is 1280 g/mol. The smallest absolute Gasteiger partial charge is 0.314 e. The van der Waals surface area contributed by atoms with E-state index in [1.54, 1.807) is 0 Å². The van der Waals surface area contributed by atoms with E-state index < -0.39 is 246 Å². The average Bonchev–Trinajstić information content (AvgIpc) is 0.715. The Labute approximate surface area is 504 Å². The van der Waals surface area contributed by atoms with Gasteiger partial charge in [0.1, 0.15) is 134 Å². The Hall–Kier alpha value is -2.03. The van der Waals surface area contributed by atoms with Crippen LogP contribution in [0.4, 0.5) is 0 Å². The molecular formula is C55H90O33. The molecule has 0 aromatic rings. The van der Waals surface area contributed by atoms with E-state index in [2.05, 4.69) is 18.2 Å². The normalized spacial score (nSPS) is 53.9. The third kappa shape index (κ3) is 13.0. The lowest BCUT2D eigenvalue weighted by Crippen LogP contribution is -2.68. The largest absolute Gasteiger partial charge is 0.432 e. The molecule has 2 bridgehead atoms. The van der Waals surface area contributed by atoms with Crippen LogP contribution < -0.4 is 0 Å². The molecule has 21 N–H and O–H groups in total. The van der Waals surface area contributed by atoms with Crippen molar-refractivity contribution in [1.29, 1.82) is 0 Å². The maximum atomic E-state index is 14.8. The summed E-state index contributed by atoms with van der Waals surface area (Å²) in [6.07, 6.45) is -44.8. The van der Waals surface area contributed by atoms with Crippen molar-refractivity contribution >= 4 is 5.97 Å². The van der Waals surface area contributed by atoms with Crippen LogP contribution in [-0.2, 0) is 56.9 Å². The van der Waals surface area contributed by atoms with Crippen molar-refractivity contribution in [3.8, 4) is 0 Å². The molecule has 6 heterocycles. The predicted octanol–water partition coefficient (Wildman–Crippen LogP) is -10.0. The summed E-state index contributed by atoms with van der Waals surface area (Å²) in [5, 5.41) is 215. The van der Waals surface area contributed by atoms with Gasteiger partial charge in [-0.1, -0.05) is 25.5 Å². The van der Waals surface area contributed by atoms with Crippen LogP contribution in [0, 0.1) is 34.0 Å². The lowest BCUT2D eigenvalue weighted by molar-refractivity contribution is -0.398. The number of carbonyl (C=O) groups is 1. The molecule has 88 heavy (non-hydrogen) atoms. The van der Waals surface area contributed by atoms with E-state index in [-0.39, 0.29) is 17.8 Å². The van der Waals surface area contributed by atoms with E-state index in [1.807, 2.05) is 6.92 Å². The second kappa shape index (κ2) is 28.1. The highest BCUT2D eigenvalue weighted by molar-refractivity contribution is 5.77. The minimum Gasteiger partial charge on any atom is -0.432 e. The van der Waals surface area contributed by atoms with Gasteiger partial charge in [-0.15, -0.1) is 0 Å². The van der Waals surface area contributed by atoms with E-state index in [0.29, 0.717) is 44.9 Å². The number of carbonyl (C=O) groups excluding carboxylic acids is 1. The van der Waals surface area contributed by atoms with E-state index in [0.717, 1.165) is 12.0 Å². The van der Waals surface area contributed by atoms with Crippen molar-refractivity contribution < 1.29 is 164 Å². The fraction of sp³-hybridized carbons (Fsp3) is 0.945. The predicted molar refractivity (Wildman–Crippen MR) is 282 cm³/mol. The van der Waals surface area contributed by atoms with Gasteiger partial charge in [-0.25, -0.2) is 0 Å². The van der Waals surface area contributed by atoms with E-state index in [4.69, 9.17) is 72.9 Å². The van der Waals surface area contributed by atoms with Crippen molar-refractivity contribution in [2.75, 3.05) is 39.6 Å². The summed E-state index contributed by atoms with van der Waals surface area (Å²) in [6.45, 7) is 4.23. The summed E-state index contributed by atoms with van der Waals surface area (Å²) in [5.74, 6) is -1.40. The van der Waals surface area contributed by atoms with Crippen molar-refractivity contribution in [2.45, 2.75) is 249 Å². The van der Waals surface area contributed by atoms with Gasteiger partial charge in [-0.2, -0.15) is 0 Å². The first kappa shape index (κ1) is 70.3. The first-order valence-electron chi connectivity index (χ1n) is 29.9. The molecule has 11 fully saturated rings. The Balaban J connectivity index is 0.000000687. The Morgan fingerprint density at radius 2 is 0.966 bits per heavy atom. The van der Waals surface area contributed by atoms with Gasteiger partial charge in [-0.05, 0) is 74.5 Å². The Morgan fingerprint density at radius 1 is 0.489 bits per heavy atom. The number of hydrogen-bond acceptors (Lipinski definition) is 33. The summed E-state index contributed by atoms with van der Waals surface area (Å²) < 4.78 is 64.5. The molecule has 1 spiro atoms. The van der Waals surface area contributed by atoms with Crippen LogP contribution in [0.2, 0.25) is 0 Å². The Kier molecular flexibility index (Phi) is 22.5. The summed E-state index contributed by atoms with van der Waals surface area (Å²) in [6, 6.07) is 0.